The van der Waals surface area contributed by atoms with Gasteiger partial charge in [0.05, 0.1) is 18.4 Å². The van der Waals surface area contributed by atoms with Crippen LogP contribution in [0.1, 0.15) is 22.5 Å². The summed E-state index contributed by atoms with van der Waals surface area (Å²) in [6.07, 6.45) is 5.05. The third-order valence-electron chi connectivity index (χ3n) is 5.51. The van der Waals surface area contributed by atoms with Crippen LogP contribution < -0.4 is 4.74 Å². The van der Waals surface area contributed by atoms with Crippen LogP contribution in [-0.2, 0) is 4.79 Å². The summed E-state index contributed by atoms with van der Waals surface area (Å²) in [4.78, 5) is 21.2. The average Bonchev–Trinajstić information content (AvgIpc) is 3.37. The van der Waals surface area contributed by atoms with Crippen LogP contribution >= 0.6 is 23.4 Å². The Bertz CT molecular complexity index is 1440. The Labute approximate surface area is 205 Å². The van der Waals surface area contributed by atoms with E-state index in [1.807, 2.05) is 48.7 Å². The first-order chi connectivity index (χ1) is 16.4. The van der Waals surface area contributed by atoms with Crippen LogP contribution in [-0.4, -0.2) is 43.6 Å². The van der Waals surface area contributed by atoms with E-state index in [1.165, 1.54) is 16.8 Å². The Morgan fingerprint density at radius 2 is 2.03 bits per heavy atom. The van der Waals surface area contributed by atoms with Crippen LogP contribution in [0.2, 0.25) is 5.02 Å². The van der Waals surface area contributed by atoms with E-state index in [1.54, 1.807) is 31.6 Å². The molecule has 0 unspecified atom stereocenters. The monoisotopic (exact) mass is 490 g/mol. The Morgan fingerprint density at radius 3 is 2.76 bits per heavy atom. The van der Waals surface area contributed by atoms with Gasteiger partial charge in [-0.3, -0.25) is 15.2 Å². The number of hydrogen-bond donors (Lipinski definition) is 1. The maximum atomic E-state index is 12.9. The van der Waals surface area contributed by atoms with Gasteiger partial charge in [-0.25, -0.2) is 0 Å². The van der Waals surface area contributed by atoms with Gasteiger partial charge in [-0.05, 0) is 73.6 Å². The number of nitrogens with one attached hydrogen (secondary N) is 1. The van der Waals surface area contributed by atoms with Gasteiger partial charge >= 0.3 is 0 Å². The first-order valence-corrected chi connectivity index (χ1v) is 11.5. The van der Waals surface area contributed by atoms with Gasteiger partial charge in [0.1, 0.15) is 10.8 Å². The number of carbonyl (C=O) groups excluding carboxylic acids is 1. The number of amidine groups is 2. The number of methoxy groups -OCH3 is 1. The number of amides is 1. The van der Waals surface area contributed by atoms with E-state index in [0.717, 1.165) is 28.2 Å². The predicted octanol–water partition coefficient (Wildman–Crippen LogP) is 4.82. The number of halogens is 1. The number of rotatable bonds is 4. The maximum absolute atomic E-state index is 12.9. The quantitative estimate of drug-likeness (QED) is 0.529. The second kappa shape index (κ2) is 8.58. The van der Waals surface area contributed by atoms with Crippen LogP contribution in [0, 0.1) is 19.3 Å². The van der Waals surface area contributed by atoms with E-state index < -0.39 is 5.91 Å². The fourth-order valence-electron chi connectivity index (χ4n) is 3.90. The Hall–Kier alpha value is -3.69. The number of carbonyl (C=O) groups is 1. The highest BCUT2D eigenvalue weighted by Crippen LogP contribution is 2.33. The molecule has 2 aliphatic rings. The number of aromatic nitrogens is 2. The summed E-state index contributed by atoms with van der Waals surface area (Å²) in [6, 6.07) is 11.0. The molecule has 0 bridgehead atoms. The Morgan fingerprint density at radius 1 is 1.21 bits per heavy atom. The van der Waals surface area contributed by atoms with Crippen LogP contribution in [0.3, 0.4) is 0 Å². The number of nitrogens with zero attached hydrogens (tertiary/aromatic N) is 5. The second-order valence-electron chi connectivity index (χ2n) is 7.64. The number of pyridine rings is 1. The average molecular weight is 491 g/mol. The van der Waals surface area contributed by atoms with Crippen molar-refractivity contribution < 1.29 is 9.53 Å². The lowest BCUT2D eigenvalue weighted by Gasteiger charge is -2.20. The molecule has 0 saturated carbocycles. The number of aryl methyl sites for hydroxylation is 1. The molecule has 0 aliphatic carbocycles. The standard InChI is InChI=1S/C24H19ClN6O2S/c1-13-9-16(14(2)30(13)19-11-17(25)6-7-20(19)33-3)10-18-21(26)31-24(28-22(18)32)34-23(29-31)15-5-4-8-27-12-15/h4-12,26H,1-3H3/b18-10-,26-21?. The highest BCUT2D eigenvalue weighted by Gasteiger charge is 2.36. The lowest BCUT2D eigenvalue weighted by atomic mass is 10.1. The Balaban J connectivity index is 1.54. The van der Waals surface area contributed by atoms with E-state index in [4.69, 9.17) is 21.7 Å². The molecular formula is C24H19ClN6O2S. The van der Waals surface area contributed by atoms with Gasteiger partial charge in [-0.1, -0.05) is 11.6 Å². The summed E-state index contributed by atoms with van der Waals surface area (Å²) in [5.41, 5.74) is 4.35. The van der Waals surface area contributed by atoms with E-state index >= 15 is 0 Å². The molecule has 0 spiro atoms. The van der Waals surface area contributed by atoms with Crippen molar-refractivity contribution in [2.45, 2.75) is 13.8 Å². The van der Waals surface area contributed by atoms with Crippen molar-refractivity contribution in [2.24, 2.45) is 10.1 Å². The van der Waals surface area contributed by atoms with Crippen molar-refractivity contribution in [2.75, 3.05) is 7.11 Å². The lowest BCUT2D eigenvalue weighted by molar-refractivity contribution is -0.114. The van der Waals surface area contributed by atoms with Gasteiger partial charge in [0.25, 0.3) is 5.91 Å². The second-order valence-corrected chi connectivity index (χ2v) is 9.04. The molecule has 1 amide bonds. The number of hydrazone groups is 1. The summed E-state index contributed by atoms with van der Waals surface area (Å²) in [5.74, 6) is 0.176. The molecule has 4 heterocycles. The van der Waals surface area contributed by atoms with Crippen molar-refractivity contribution >= 4 is 51.4 Å². The van der Waals surface area contributed by atoms with Crippen molar-refractivity contribution in [3.8, 4) is 11.4 Å². The molecule has 2 aromatic heterocycles. The summed E-state index contributed by atoms with van der Waals surface area (Å²) in [7, 11) is 1.61. The smallest absolute Gasteiger partial charge is 0.283 e. The van der Waals surface area contributed by atoms with Crippen LogP contribution in [0.15, 0.2) is 64.5 Å². The van der Waals surface area contributed by atoms with Gasteiger partial charge in [-0.2, -0.15) is 15.1 Å². The number of thioether (sulfide) groups is 1. The van der Waals surface area contributed by atoms with Crippen molar-refractivity contribution in [3.63, 3.8) is 0 Å². The van der Waals surface area contributed by atoms with Crippen LogP contribution in [0.4, 0.5) is 0 Å². The normalized spacial score (nSPS) is 16.6. The van der Waals surface area contributed by atoms with E-state index in [9.17, 15) is 4.79 Å². The molecule has 34 heavy (non-hydrogen) atoms. The van der Waals surface area contributed by atoms with Crippen molar-refractivity contribution in [1.82, 2.24) is 14.6 Å². The molecular weight excluding hydrogens is 472 g/mol. The SMILES string of the molecule is COc1ccc(Cl)cc1-n1c(C)cc(/C=C2/C(=N)N3N=C(c4cccnc4)SC3=NC2=O)c1C. The summed E-state index contributed by atoms with van der Waals surface area (Å²) < 4.78 is 7.53. The molecule has 3 aromatic rings. The molecule has 5 rings (SSSR count). The molecule has 10 heteroatoms. The number of hydrogen-bond acceptors (Lipinski definition) is 6. The molecule has 0 atom stereocenters. The topological polar surface area (TPSA) is 95.9 Å². The highest BCUT2D eigenvalue weighted by molar-refractivity contribution is 8.27. The van der Waals surface area contributed by atoms with Crippen molar-refractivity contribution in [3.05, 3.63) is 81.9 Å². The fraction of sp³-hybridized carbons (Fsp3) is 0.125. The largest absolute Gasteiger partial charge is 0.495 e. The van der Waals surface area contributed by atoms with E-state index in [0.29, 0.717) is 21.0 Å². The molecule has 0 fully saturated rings. The van der Waals surface area contributed by atoms with Crippen LogP contribution in [0.25, 0.3) is 11.8 Å². The number of aliphatic imine (C=N–C) groups is 1. The zero-order valence-electron chi connectivity index (χ0n) is 18.5. The summed E-state index contributed by atoms with van der Waals surface area (Å²) in [6.45, 7) is 3.90. The molecule has 1 aromatic carbocycles. The minimum Gasteiger partial charge on any atom is -0.495 e. The van der Waals surface area contributed by atoms with Gasteiger partial charge in [-0.15, -0.1) is 0 Å². The number of benzene rings is 1. The number of ether oxygens (including phenoxy) is 1. The zero-order chi connectivity index (χ0) is 24.0. The minimum absolute atomic E-state index is 0.0217. The first kappa shape index (κ1) is 22.1. The molecule has 8 nitrogen and oxygen atoms in total. The van der Waals surface area contributed by atoms with Crippen LogP contribution in [0.5, 0.6) is 5.75 Å². The maximum Gasteiger partial charge on any atom is 0.283 e. The zero-order valence-corrected chi connectivity index (χ0v) is 20.1. The molecule has 0 saturated heterocycles. The third-order valence-corrected chi connectivity index (χ3v) is 6.71. The van der Waals surface area contributed by atoms with Crippen molar-refractivity contribution in [1.29, 1.82) is 5.41 Å². The molecule has 2 aliphatic heterocycles. The first-order valence-electron chi connectivity index (χ1n) is 10.3. The highest BCUT2D eigenvalue weighted by atomic mass is 35.5. The van der Waals surface area contributed by atoms with Gasteiger partial charge < -0.3 is 9.30 Å². The van der Waals surface area contributed by atoms with Gasteiger partial charge in [0.2, 0.25) is 5.17 Å². The van der Waals surface area contributed by atoms with E-state index in [2.05, 4.69) is 15.1 Å². The van der Waals surface area contributed by atoms with Gasteiger partial charge in [0, 0.05) is 34.4 Å². The number of fused-ring (bicyclic) bond motifs is 1. The summed E-state index contributed by atoms with van der Waals surface area (Å²) in [5, 5.41) is 16.1. The Kier molecular flexibility index (Phi) is 5.59. The summed E-state index contributed by atoms with van der Waals surface area (Å²) >= 11 is 7.49. The van der Waals surface area contributed by atoms with Gasteiger partial charge in [0.15, 0.2) is 5.84 Å². The fourth-order valence-corrected chi connectivity index (χ4v) is 4.94. The lowest BCUT2D eigenvalue weighted by Crippen LogP contribution is -2.35. The molecule has 170 valence electrons. The predicted molar refractivity (Wildman–Crippen MR) is 135 cm³/mol. The molecule has 0 radical (unpaired) electrons. The van der Waals surface area contributed by atoms with E-state index in [-0.39, 0.29) is 11.4 Å². The minimum atomic E-state index is -0.475. The third kappa shape index (κ3) is 3.72. The molecule has 1 N–H and O–H groups in total.